The number of hydrogen-bond acceptors (Lipinski definition) is 6. The van der Waals surface area contributed by atoms with Crippen LogP contribution in [0.15, 0.2) is 55.0 Å². The van der Waals surface area contributed by atoms with Gasteiger partial charge in [0.1, 0.15) is 29.5 Å². The predicted molar refractivity (Wildman–Crippen MR) is 111 cm³/mol. The summed E-state index contributed by atoms with van der Waals surface area (Å²) in [6.07, 6.45) is 3.24. The normalized spacial score (nSPS) is 10.8. The van der Waals surface area contributed by atoms with Crippen LogP contribution in [0.1, 0.15) is 12.5 Å². The second-order valence-electron chi connectivity index (χ2n) is 6.54. The van der Waals surface area contributed by atoms with Crippen LogP contribution in [0, 0.1) is 5.82 Å². The maximum Gasteiger partial charge on any atom is 0.222 e. The molecule has 4 rings (SSSR count). The van der Waals surface area contributed by atoms with Gasteiger partial charge in [0.25, 0.3) is 0 Å². The molecule has 1 amide bonds. The number of benzene rings is 1. The Morgan fingerprint density at radius 3 is 2.80 bits per heavy atom. The van der Waals surface area contributed by atoms with Crippen molar-refractivity contribution in [2.45, 2.75) is 13.5 Å². The lowest BCUT2D eigenvalue weighted by atomic mass is 10.1. The molecule has 0 radical (unpaired) electrons. The standard InChI is InChI=1S/C21H19FN6O2/c1-13(29)26-19-8-6-14(10-23-19)15-7-9-20(28-12-25-27-21(15)28)24-11-16-17(22)4-3-5-18(16)30-2/h3-10,12,24H,11H2,1-2H3,(H,23,26,29). The van der Waals surface area contributed by atoms with Gasteiger partial charge in [-0.15, -0.1) is 10.2 Å². The summed E-state index contributed by atoms with van der Waals surface area (Å²) in [6, 6.07) is 12.0. The summed E-state index contributed by atoms with van der Waals surface area (Å²) in [4.78, 5) is 15.4. The van der Waals surface area contributed by atoms with Gasteiger partial charge >= 0.3 is 0 Å². The van der Waals surface area contributed by atoms with Crippen molar-refractivity contribution in [2.24, 2.45) is 0 Å². The highest BCUT2D eigenvalue weighted by molar-refractivity contribution is 5.88. The van der Waals surface area contributed by atoms with Gasteiger partial charge in [0.2, 0.25) is 5.91 Å². The highest BCUT2D eigenvalue weighted by atomic mass is 19.1. The molecular formula is C21H19FN6O2. The van der Waals surface area contributed by atoms with Crippen LogP contribution >= 0.6 is 0 Å². The molecule has 152 valence electrons. The van der Waals surface area contributed by atoms with E-state index in [4.69, 9.17) is 4.74 Å². The number of halogens is 1. The molecule has 0 atom stereocenters. The monoisotopic (exact) mass is 406 g/mol. The summed E-state index contributed by atoms with van der Waals surface area (Å²) >= 11 is 0. The zero-order chi connectivity index (χ0) is 21.1. The van der Waals surface area contributed by atoms with Crippen molar-refractivity contribution >= 4 is 23.2 Å². The van der Waals surface area contributed by atoms with Gasteiger partial charge in [-0.3, -0.25) is 9.20 Å². The molecule has 0 saturated carbocycles. The largest absolute Gasteiger partial charge is 0.496 e. The van der Waals surface area contributed by atoms with Crippen LogP contribution in [0.2, 0.25) is 0 Å². The zero-order valence-electron chi connectivity index (χ0n) is 16.4. The van der Waals surface area contributed by atoms with E-state index in [-0.39, 0.29) is 18.3 Å². The van der Waals surface area contributed by atoms with Crippen molar-refractivity contribution in [3.05, 3.63) is 66.4 Å². The Kier molecular flexibility index (Phi) is 5.25. The molecule has 0 aliphatic rings. The lowest BCUT2D eigenvalue weighted by Gasteiger charge is -2.13. The highest BCUT2D eigenvalue weighted by Gasteiger charge is 2.13. The molecule has 0 spiro atoms. The Morgan fingerprint density at radius 2 is 2.07 bits per heavy atom. The number of carbonyl (C=O) groups excluding carboxylic acids is 1. The van der Waals surface area contributed by atoms with E-state index in [1.165, 1.54) is 20.1 Å². The van der Waals surface area contributed by atoms with Crippen LogP contribution in [-0.2, 0) is 11.3 Å². The van der Waals surface area contributed by atoms with Gasteiger partial charge in [0.05, 0.1) is 7.11 Å². The van der Waals surface area contributed by atoms with Crippen molar-refractivity contribution in [2.75, 3.05) is 17.7 Å². The lowest BCUT2D eigenvalue weighted by molar-refractivity contribution is -0.114. The minimum Gasteiger partial charge on any atom is -0.496 e. The molecule has 0 aliphatic carbocycles. The quantitative estimate of drug-likeness (QED) is 0.509. The molecule has 9 heteroatoms. The van der Waals surface area contributed by atoms with Crippen LogP contribution in [0.25, 0.3) is 16.8 Å². The van der Waals surface area contributed by atoms with Crippen molar-refractivity contribution in [1.82, 2.24) is 19.6 Å². The third-order valence-corrected chi connectivity index (χ3v) is 4.58. The molecule has 0 bridgehead atoms. The number of hydrogen-bond donors (Lipinski definition) is 2. The molecule has 0 fully saturated rings. The first kappa shape index (κ1) is 19.3. The van der Waals surface area contributed by atoms with E-state index in [1.54, 1.807) is 35.1 Å². The lowest BCUT2D eigenvalue weighted by Crippen LogP contribution is -2.08. The first-order valence-electron chi connectivity index (χ1n) is 9.19. The van der Waals surface area contributed by atoms with E-state index < -0.39 is 0 Å². The molecule has 0 unspecified atom stereocenters. The van der Waals surface area contributed by atoms with E-state index in [2.05, 4.69) is 25.8 Å². The van der Waals surface area contributed by atoms with E-state index in [0.29, 0.717) is 28.6 Å². The van der Waals surface area contributed by atoms with Gasteiger partial charge in [-0.1, -0.05) is 6.07 Å². The Bertz CT molecular complexity index is 1210. The number of ether oxygens (including phenoxy) is 1. The average Bonchev–Trinajstić information content (AvgIpc) is 3.23. The predicted octanol–water partition coefficient (Wildman–Crippen LogP) is 3.51. The van der Waals surface area contributed by atoms with Crippen LogP contribution in [-0.4, -0.2) is 32.6 Å². The SMILES string of the molecule is COc1cccc(F)c1CNc1ccc(-c2ccc(NC(C)=O)nc2)c2nncn12. The van der Waals surface area contributed by atoms with Crippen LogP contribution in [0.3, 0.4) is 0 Å². The molecule has 1 aromatic carbocycles. The third kappa shape index (κ3) is 3.77. The first-order chi connectivity index (χ1) is 14.6. The fraction of sp³-hybridized carbons (Fsp3) is 0.143. The number of amides is 1. The second-order valence-corrected chi connectivity index (χ2v) is 6.54. The summed E-state index contributed by atoms with van der Waals surface area (Å²) in [5.41, 5.74) is 2.70. The van der Waals surface area contributed by atoms with Crippen LogP contribution in [0.4, 0.5) is 16.0 Å². The number of nitrogens with one attached hydrogen (secondary N) is 2. The van der Waals surface area contributed by atoms with Gasteiger partial charge in [0.15, 0.2) is 5.65 Å². The molecule has 8 nitrogen and oxygen atoms in total. The molecule has 3 heterocycles. The van der Waals surface area contributed by atoms with Gasteiger partial charge in [-0.25, -0.2) is 9.37 Å². The Morgan fingerprint density at radius 1 is 1.20 bits per heavy atom. The number of methoxy groups -OCH3 is 1. The van der Waals surface area contributed by atoms with Gasteiger partial charge in [-0.05, 0) is 36.4 Å². The molecular weight excluding hydrogens is 387 g/mol. The van der Waals surface area contributed by atoms with E-state index in [1.807, 2.05) is 18.2 Å². The second kappa shape index (κ2) is 8.16. The summed E-state index contributed by atoms with van der Waals surface area (Å²) in [6.45, 7) is 1.66. The van der Waals surface area contributed by atoms with Gasteiger partial charge in [0, 0.05) is 36.4 Å². The smallest absolute Gasteiger partial charge is 0.222 e. The van der Waals surface area contributed by atoms with Crippen LogP contribution < -0.4 is 15.4 Å². The third-order valence-electron chi connectivity index (χ3n) is 4.58. The number of anilines is 2. The first-order valence-corrected chi connectivity index (χ1v) is 9.19. The molecule has 30 heavy (non-hydrogen) atoms. The number of nitrogens with zero attached hydrogens (tertiary/aromatic N) is 4. The Balaban J connectivity index is 1.63. The van der Waals surface area contributed by atoms with E-state index in [9.17, 15) is 9.18 Å². The van der Waals surface area contributed by atoms with E-state index >= 15 is 0 Å². The fourth-order valence-electron chi connectivity index (χ4n) is 3.17. The zero-order valence-corrected chi connectivity index (χ0v) is 16.4. The molecule has 3 aromatic heterocycles. The average molecular weight is 406 g/mol. The molecule has 0 aliphatic heterocycles. The summed E-state index contributed by atoms with van der Waals surface area (Å²) in [5.74, 6) is 1.12. The number of fused-ring (bicyclic) bond motifs is 1. The fourth-order valence-corrected chi connectivity index (χ4v) is 3.17. The van der Waals surface area contributed by atoms with Crippen molar-refractivity contribution in [3.63, 3.8) is 0 Å². The number of aromatic nitrogens is 4. The number of carbonyl (C=O) groups is 1. The summed E-state index contributed by atoms with van der Waals surface area (Å²) in [5, 5.41) is 14.1. The Hall–Kier alpha value is -4.01. The summed E-state index contributed by atoms with van der Waals surface area (Å²) < 4.78 is 21.2. The minimum atomic E-state index is -0.344. The topological polar surface area (TPSA) is 93.4 Å². The van der Waals surface area contributed by atoms with Crippen molar-refractivity contribution in [1.29, 1.82) is 0 Å². The molecule has 2 N–H and O–H groups in total. The minimum absolute atomic E-state index is 0.183. The van der Waals surface area contributed by atoms with Crippen LogP contribution in [0.5, 0.6) is 5.75 Å². The van der Waals surface area contributed by atoms with Crippen molar-refractivity contribution < 1.29 is 13.9 Å². The highest BCUT2D eigenvalue weighted by Crippen LogP contribution is 2.27. The number of pyridine rings is 2. The number of rotatable bonds is 6. The molecule has 4 aromatic rings. The Labute approximate surface area is 171 Å². The summed E-state index contributed by atoms with van der Waals surface area (Å²) in [7, 11) is 1.51. The maximum absolute atomic E-state index is 14.2. The van der Waals surface area contributed by atoms with Crippen molar-refractivity contribution in [3.8, 4) is 16.9 Å². The van der Waals surface area contributed by atoms with E-state index in [0.717, 1.165) is 11.1 Å². The van der Waals surface area contributed by atoms with Gasteiger partial charge in [-0.2, -0.15) is 0 Å². The maximum atomic E-state index is 14.2. The molecule has 0 saturated heterocycles. The van der Waals surface area contributed by atoms with Gasteiger partial charge < -0.3 is 15.4 Å².